The van der Waals surface area contributed by atoms with Crippen molar-refractivity contribution in [3.05, 3.63) is 81.6 Å². The molecule has 0 aromatic heterocycles. The molecule has 0 unspecified atom stereocenters. The average molecular weight is 870 g/mol. The minimum atomic E-state index is -5.97. The summed E-state index contributed by atoms with van der Waals surface area (Å²) in [7, 11) is -17.4. The third kappa shape index (κ3) is 8.30. The maximum atomic E-state index is 14.8. The average Bonchev–Trinajstić information content (AvgIpc) is 3.20. The highest BCUT2D eigenvalue weighted by Crippen LogP contribution is 2.52. The van der Waals surface area contributed by atoms with Gasteiger partial charge in [-0.3, -0.25) is 9.80 Å². The van der Waals surface area contributed by atoms with Crippen molar-refractivity contribution < 1.29 is 25.5 Å². The van der Waals surface area contributed by atoms with Crippen molar-refractivity contribution in [1.82, 2.24) is 0 Å². The maximum absolute atomic E-state index is 14.8. The molecule has 0 amide bonds. The lowest BCUT2D eigenvalue weighted by atomic mass is 9.91. The van der Waals surface area contributed by atoms with E-state index in [4.69, 9.17) is 3.87 Å². The summed E-state index contributed by atoms with van der Waals surface area (Å²) in [5.74, 6) is 1.25. The number of hydrogen-bond acceptors (Lipinski definition) is 5. The van der Waals surface area contributed by atoms with Crippen LogP contribution in [-0.4, -0.2) is 50.7 Å². The van der Waals surface area contributed by atoms with Gasteiger partial charge in [-0.25, -0.2) is 0 Å². The molecule has 1 heterocycles. The summed E-state index contributed by atoms with van der Waals surface area (Å²) in [6.07, 6.45) is -3.05. The van der Waals surface area contributed by atoms with Gasteiger partial charge in [0, 0.05) is 34.2 Å². The van der Waals surface area contributed by atoms with Crippen molar-refractivity contribution in [3.8, 4) is 0 Å². The molecule has 310 valence electrons. The zero-order valence-electron chi connectivity index (χ0n) is 37.5. The molecule has 0 bridgehead atoms. The molecule has 1 aliphatic heterocycles. The van der Waals surface area contributed by atoms with Gasteiger partial charge in [0.25, 0.3) is 0 Å². The molecule has 0 N–H and O–H groups in total. The number of rotatable bonds is 13. The first-order valence-electron chi connectivity index (χ1n) is 19.9. The molecule has 2 aromatic carbocycles. The second-order valence-electron chi connectivity index (χ2n) is 20.1. The lowest BCUT2D eigenvalue weighted by molar-refractivity contribution is -0.0501. The molecule has 0 saturated carbocycles. The third-order valence-electron chi connectivity index (χ3n) is 11.9. The second kappa shape index (κ2) is 15.8. The molecule has 1 atom stereocenters. The van der Waals surface area contributed by atoms with E-state index in [1.54, 1.807) is 0 Å². The van der Waals surface area contributed by atoms with Gasteiger partial charge in [0.2, 0.25) is 7.83 Å². The number of anilines is 2. The van der Waals surface area contributed by atoms with Crippen LogP contribution in [0.4, 0.5) is 24.5 Å². The second-order valence-corrected chi connectivity index (χ2v) is 74.1. The zero-order valence-corrected chi connectivity index (χ0v) is 43.3. The summed E-state index contributed by atoms with van der Waals surface area (Å²) < 4.78 is 78.3. The number of para-hydroxylation sites is 2. The van der Waals surface area contributed by atoms with E-state index in [1.807, 2.05) is 12.2 Å². The first-order chi connectivity index (χ1) is 24.6. The molecule has 5 nitrogen and oxygen atoms in total. The van der Waals surface area contributed by atoms with Crippen LogP contribution in [0.15, 0.2) is 59.3 Å². The smallest absolute Gasteiger partial charge is 0.307 e. The highest BCUT2D eigenvalue weighted by atomic mass is 32.2. The summed E-state index contributed by atoms with van der Waals surface area (Å²) in [5.41, 5.74) is 4.96. The molecule has 1 aliphatic rings. The highest BCUT2D eigenvalue weighted by molar-refractivity contribution is 8.07. The van der Waals surface area contributed by atoms with E-state index < -0.39 is 52.4 Å². The highest BCUT2D eigenvalue weighted by Gasteiger charge is 2.74. The maximum Gasteiger partial charge on any atom is 0.522 e. The van der Waals surface area contributed by atoms with E-state index in [0.29, 0.717) is 5.82 Å². The van der Waals surface area contributed by atoms with E-state index in [-0.39, 0.29) is 23.7 Å². The van der Waals surface area contributed by atoms with Crippen molar-refractivity contribution in [1.29, 1.82) is 0 Å². The summed E-state index contributed by atoms with van der Waals surface area (Å²) in [6, 6.07) is 12.8. The van der Waals surface area contributed by atoms with Gasteiger partial charge in [-0.05, 0) is 72.0 Å². The molecule has 3 rings (SSSR count). The van der Waals surface area contributed by atoms with E-state index in [1.165, 1.54) is 0 Å². The Hall–Kier alpha value is -1.70. The quantitative estimate of drug-likeness (QED) is 0.148. The zero-order chi connectivity index (χ0) is 42.8. The van der Waals surface area contributed by atoms with Crippen molar-refractivity contribution in [2.45, 2.75) is 164 Å². The van der Waals surface area contributed by atoms with Gasteiger partial charge in [-0.15, -0.1) is 0 Å². The summed E-state index contributed by atoms with van der Waals surface area (Å²) in [4.78, 5) is 4.54. The molecule has 0 saturated heterocycles. The predicted molar refractivity (Wildman–Crippen MR) is 244 cm³/mol. The van der Waals surface area contributed by atoms with E-state index >= 15 is 0 Å². The van der Waals surface area contributed by atoms with Crippen LogP contribution in [0.3, 0.4) is 0 Å². The fourth-order valence-corrected chi connectivity index (χ4v) is 169. The molecular weight excluding hydrogens is 798 g/mol. The summed E-state index contributed by atoms with van der Waals surface area (Å²) >= 11 is 0. The Morgan fingerprint density at radius 2 is 0.855 bits per heavy atom. The first-order valence-corrected chi connectivity index (χ1v) is 40.3. The Labute approximate surface area is 337 Å². The Morgan fingerprint density at radius 1 is 0.582 bits per heavy atom. The Morgan fingerprint density at radius 3 is 1.07 bits per heavy atom. The lowest BCUT2D eigenvalue weighted by Crippen LogP contribution is -2.93. The van der Waals surface area contributed by atoms with Crippen molar-refractivity contribution in [3.63, 3.8) is 0 Å². The molecule has 0 spiro atoms. The van der Waals surface area contributed by atoms with Gasteiger partial charge in [0.1, 0.15) is 5.82 Å². The molecule has 0 radical (unpaired) electrons. The van der Waals surface area contributed by atoms with E-state index in [9.17, 15) is 21.6 Å². The van der Waals surface area contributed by atoms with Crippen LogP contribution in [-0.2, 0) is 14.0 Å². The predicted octanol–water partition coefficient (Wildman–Crippen LogP) is 13.4. The number of nitrogens with zero attached hydrogens (tertiary/aromatic N) is 2. The Bertz CT molecular complexity index is 1750. The van der Waals surface area contributed by atoms with Gasteiger partial charge in [0.05, 0.1) is 17.5 Å². The van der Waals surface area contributed by atoms with Crippen LogP contribution in [0.1, 0.15) is 115 Å². The van der Waals surface area contributed by atoms with Crippen molar-refractivity contribution in [2.75, 3.05) is 9.80 Å². The molecular formula is C41H71F3N2O3SSi5. The Balaban J connectivity index is 2.90. The molecule has 0 aliphatic carbocycles. The van der Waals surface area contributed by atoms with Gasteiger partial charge in [-0.1, -0.05) is 151 Å². The lowest BCUT2D eigenvalue weighted by Gasteiger charge is -2.62. The van der Waals surface area contributed by atoms with Gasteiger partial charge in [0.15, 0.2) is 0 Å². The summed E-state index contributed by atoms with van der Waals surface area (Å²) in [5, 5.41) is 0. The minimum Gasteiger partial charge on any atom is -0.307 e. The fraction of sp³-hybridized carbons (Fsp3) is 0.610. The molecule has 2 aromatic rings. The monoisotopic (exact) mass is 868 g/mol. The summed E-state index contributed by atoms with van der Waals surface area (Å²) in [6.45, 7) is 44.1. The van der Waals surface area contributed by atoms with Crippen LogP contribution < -0.4 is 9.80 Å². The standard InChI is InChI=1S/C41H71F3N2O3SSi5/c1-28(2)34-23-21-24-35(29(3)4)39(34)45-32(9)33(10)46(40-36(30(5)6)25-22-26-37(40)31(7)8)38(45)27-54(20,49-50(47,48)41(42,43)44)55(51(11,12)13,52(14,15)16)53(17,18)19/h21-31H,1-20H3/t54-/m0/s1. The van der Waals surface area contributed by atoms with E-state index in [2.05, 4.69) is 174 Å². The first kappa shape index (κ1) is 47.7. The van der Waals surface area contributed by atoms with Crippen LogP contribution in [0.5, 0.6) is 0 Å². The van der Waals surface area contributed by atoms with Crippen LogP contribution in [0.2, 0.25) is 65.5 Å². The third-order valence-corrected chi connectivity index (χ3v) is 124. The van der Waals surface area contributed by atoms with Gasteiger partial charge in [-0.2, -0.15) is 21.6 Å². The molecule has 55 heavy (non-hydrogen) atoms. The number of halogens is 3. The minimum absolute atomic E-state index is 0.135. The number of benzene rings is 2. The van der Waals surface area contributed by atoms with Gasteiger partial charge >= 0.3 is 15.6 Å². The van der Waals surface area contributed by atoms with Crippen molar-refractivity contribution in [2.24, 2.45) is 0 Å². The molecule has 14 heteroatoms. The van der Waals surface area contributed by atoms with Crippen molar-refractivity contribution >= 4 is 58.2 Å². The Kier molecular flexibility index (Phi) is 13.7. The number of allylic oxidation sites excluding steroid dienone is 2. The van der Waals surface area contributed by atoms with Gasteiger partial charge < -0.3 is 3.87 Å². The normalized spacial score (nSPS) is 16.7. The fourth-order valence-electron chi connectivity index (χ4n) is 11.3. The molecule has 0 fully saturated rings. The number of alkyl halides is 3. The SMILES string of the molecule is CC1=C(C)N(c2c(C(C)C)cccc2C(C)C)C(=C[Si@@](C)(OS(=O)(=O)C(F)(F)F)[Si]([Si](C)(C)C)([Si](C)(C)C)[Si](C)(C)C)N1c1c(C(C)C)cccc1C(C)C. The topological polar surface area (TPSA) is 49.9 Å². The van der Waals surface area contributed by atoms with E-state index in [0.717, 1.165) is 45.0 Å². The van der Waals surface area contributed by atoms with Crippen LogP contribution >= 0.6 is 0 Å². The van der Waals surface area contributed by atoms with Crippen LogP contribution in [0.25, 0.3) is 0 Å². The van der Waals surface area contributed by atoms with Crippen LogP contribution in [0, 0.1) is 0 Å². The largest absolute Gasteiger partial charge is 0.522 e. The number of hydrogen-bond donors (Lipinski definition) is 0.